The summed E-state index contributed by atoms with van der Waals surface area (Å²) in [4.78, 5) is 29.9. The number of esters is 1. The van der Waals surface area contributed by atoms with Gasteiger partial charge in [0, 0.05) is 45.0 Å². The SMILES string of the molecule is COC(=O)CCN1CCN(c2ncccc2[N+](=O)[O-])CC1. The smallest absolute Gasteiger partial charge is 0.311 e. The van der Waals surface area contributed by atoms with Crippen LogP contribution in [0.1, 0.15) is 6.42 Å². The van der Waals surface area contributed by atoms with Gasteiger partial charge in [-0.05, 0) is 6.07 Å². The molecule has 0 aliphatic carbocycles. The van der Waals surface area contributed by atoms with Crippen LogP contribution in [-0.4, -0.2) is 60.6 Å². The van der Waals surface area contributed by atoms with Crippen LogP contribution in [0.3, 0.4) is 0 Å². The molecule has 0 saturated carbocycles. The molecule has 0 N–H and O–H groups in total. The van der Waals surface area contributed by atoms with Crippen molar-refractivity contribution in [2.24, 2.45) is 0 Å². The third kappa shape index (κ3) is 3.88. The minimum absolute atomic E-state index is 0.0283. The number of hydrogen-bond acceptors (Lipinski definition) is 7. The lowest BCUT2D eigenvalue weighted by Gasteiger charge is -2.34. The van der Waals surface area contributed by atoms with Crippen molar-refractivity contribution in [1.82, 2.24) is 9.88 Å². The van der Waals surface area contributed by atoms with Crippen LogP contribution < -0.4 is 4.90 Å². The fourth-order valence-corrected chi connectivity index (χ4v) is 2.31. The van der Waals surface area contributed by atoms with E-state index in [1.54, 1.807) is 12.3 Å². The maximum absolute atomic E-state index is 11.1. The van der Waals surface area contributed by atoms with Crippen LogP contribution in [0.15, 0.2) is 18.3 Å². The highest BCUT2D eigenvalue weighted by Gasteiger charge is 2.24. The quantitative estimate of drug-likeness (QED) is 0.448. The fourth-order valence-electron chi connectivity index (χ4n) is 2.31. The summed E-state index contributed by atoms with van der Waals surface area (Å²) in [5, 5.41) is 11.0. The molecular formula is C13H18N4O4. The maximum Gasteiger partial charge on any atom is 0.311 e. The molecule has 1 aromatic heterocycles. The highest BCUT2D eigenvalue weighted by molar-refractivity contribution is 5.69. The Morgan fingerprint density at radius 1 is 1.43 bits per heavy atom. The number of methoxy groups -OCH3 is 1. The zero-order chi connectivity index (χ0) is 15.2. The molecule has 1 fully saturated rings. The second kappa shape index (κ2) is 6.98. The largest absolute Gasteiger partial charge is 0.469 e. The molecule has 2 rings (SSSR count). The maximum atomic E-state index is 11.1. The van der Waals surface area contributed by atoms with E-state index in [1.165, 1.54) is 13.2 Å². The standard InChI is InChI=1S/C13H18N4O4/c1-21-12(18)4-6-15-7-9-16(10-8-15)13-11(17(19)20)3-2-5-14-13/h2-3,5H,4,6-10H2,1H3. The Balaban J connectivity index is 1.92. The molecule has 1 saturated heterocycles. The van der Waals surface area contributed by atoms with Gasteiger partial charge in [-0.1, -0.05) is 0 Å². The predicted molar refractivity (Wildman–Crippen MR) is 76.2 cm³/mol. The van der Waals surface area contributed by atoms with Crippen molar-refractivity contribution in [3.8, 4) is 0 Å². The molecule has 1 aromatic rings. The molecule has 0 unspecified atom stereocenters. The number of rotatable bonds is 5. The van der Waals surface area contributed by atoms with Gasteiger partial charge in [-0.2, -0.15) is 0 Å². The third-order valence-corrected chi connectivity index (χ3v) is 3.49. The van der Waals surface area contributed by atoms with Gasteiger partial charge >= 0.3 is 11.7 Å². The van der Waals surface area contributed by atoms with Gasteiger partial charge in [0.1, 0.15) is 0 Å². The monoisotopic (exact) mass is 294 g/mol. The van der Waals surface area contributed by atoms with Gasteiger partial charge in [0.25, 0.3) is 0 Å². The first-order valence-electron chi connectivity index (χ1n) is 6.75. The summed E-state index contributed by atoms with van der Waals surface area (Å²) in [6, 6.07) is 3.03. The van der Waals surface area contributed by atoms with Gasteiger partial charge in [-0.3, -0.25) is 19.8 Å². The van der Waals surface area contributed by atoms with Crippen molar-refractivity contribution in [3.05, 3.63) is 28.4 Å². The molecule has 0 bridgehead atoms. The van der Waals surface area contributed by atoms with Crippen LogP contribution >= 0.6 is 0 Å². The van der Waals surface area contributed by atoms with Crippen LogP contribution in [0.4, 0.5) is 11.5 Å². The van der Waals surface area contributed by atoms with E-state index in [1.807, 2.05) is 4.90 Å². The summed E-state index contributed by atoms with van der Waals surface area (Å²) in [6.45, 7) is 3.43. The molecule has 0 radical (unpaired) electrons. The van der Waals surface area contributed by atoms with E-state index in [0.717, 1.165) is 13.1 Å². The minimum Gasteiger partial charge on any atom is -0.469 e. The Bertz CT molecular complexity index is 515. The van der Waals surface area contributed by atoms with Crippen LogP contribution in [0.2, 0.25) is 0 Å². The Morgan fingerprint density at radius 2 is 2.14 bits per heavy atom. The number of carbonyl (C=O) groups is 1. The average Bonchev–Trinajstić information content (AvgIpc) is 2.53. The van der Waals surface area contributed by atoms with Crippen molar-refractivity contribution in [1.29, 1.82) is 0 Å². The summed E-state index contributed by atoms with van der Waals surface area (Å²) >= 11 is 0. The van der Waals surface area contributed by atoms with E-state index in [9.17, 15) is 14.9 Å². The highest BCUT2D eigenvalue weighted by atomic mass is 16.6. The number of hydrogen-bond donors (Lipinski definition) is 0. The van der Waals surface area contributed by atoms with Crippen molar-refractivity contribution in [2.75, 3.05) is 44.7 Å². The van der Waals surface area contributed by atoms with Gasteiger partial charge in [0.15, 0.2) is 0 Å². The number of nitro groups is 1. The summed E-state index contributed by atoms with van der Waals surface area (Å²) in [6.07, 6.45) is 1.92. The molecule has 0 amide bonds. The van der Waals surface area contributed by atoms with Gasteiger partial charge in [-0.25, -0.2) is 4.98 Å². The molecule has 0 aromatic carbocycles. The number of anilines is 1. The molecule has 0 spiro atoms. The molecule has 114 valence electrons. The van der Waals surface area contributed by atoms with E-state index < -0.39 is 4.92 Å². The molecule has 1 aliphatic heterocycles. The normalized spacial score (nSPS) is 15.8. The molecule has 8 nitrogen and oxygen atoms in total. The Kier molecular flexibility index (Phi) is 5.04. The Labute approximate surface area is 122 Å². The van der Waals surface area contributed by atoms with E-state index in [-0.39, 0.29) is 11.7 Å². The first-order valence-corrected chi connectivity index (χ1v) is 6.75. The number of carbonyl (C=O) groups excluding carboxylic acids is 1. The lowest BCUT2D eigenvalue weighted by molar-refractivity contribution is -0.384. The number of ether oxygens (including phenoxy) is 1. The van der Waals surface area contributed by atoms with E-state index in [2.05, 4.69) is 14.6 Å². The average molecular weight is 294 g/mol. The van der Waals surface area contributed by atoms with E-state index in [0.29, 0.717) is 31.9 Å². The molecule has 21 heavy (non-hydrogen) atoms. The first kappa shape index (κ1) is 15.2. The van der Waals surface area contributed by atoms with Crippen LogP contribution in [-0.2, 0) is 9.53 Å². The lowest BCUT2D eigenvalue weighted by Crippen LogP contribution is -2.47. The number of piperazine rings is 1. The number of aromatic nitrogens is 1. The molecule has 2 heterocycles. The molecule has 0 atom stereocenters. The van der Waals surface area contributed by atoms with Crippen molar-refractivity contribution < 1.29 is 14.5 Å². The van der Waals surface area contributed by atoms with Gasteiger partial charge < -0.3 is 9.64 Å². The molecular weight excluding hydrogens is 276 g/mol. The van der Waals surface area contributed by atoms with Gasteiger partial charge in [-0.15, -0.1) is 0 Å². The molecule has 1 aliphatic rings. The number of pyridine rings is 1. The highest BCUT2D eigenvalue weighted by Crippen LogP contribution is 2.25. The first-order chi connectivity index (χ1) is 10.1. The summed E-state index contributed by atoms with van der Waals surface area (Å²) in [5.41, 5.74) is 0.0283. The Hall–Kier alpha value is -2.22. The minimum atomic E-state index is -0.411. The third-order valence-electron chi connectivity index (χ3n) is 3.49. The zero-order valence-corrected chi connectivity index (χ0v) is 11.9. The van der Waals surface area contributed by atoms with Gasteiger partial charge in [0.05, 0.1) is 18.5 Å². The summed E-state index contributed by atoms with van der Waals surface area (Å²) in [5.74, 6) is 0.188. The van der Waals surface area contributed by atoms with Gasteiger partial charge in [0.2, 0.25) is 5.82 Å². The van der Waals surface area contributed by atoms with Crippen LogP contribution in [0.5, 0.6) is 0 Å². The van der Waals surface area contributed by atoms with E-state index >= 15 is 0 Å². The zero-order valence-electron chi connectivity index (χ0n) is 11.9. The van der Waals surface area contributed by atoms with Crippen molar-refractivity contribution in [2.45, 2.75) is 6.42 Å². The van der Waals surface area contributed by atoms with Crippen molar-refractivity contribution in [3.63, 3.8) is 0 Å². The fraction of sp³-hybridized carbons (Fsp3) is 0.538. The van der Waals surface area contributed by atoms with Crippen LogP contribution in [0.25, 0.3) is 0 Å². The topological polar surface area (TPSA) is 88.8 Å². The number of nitrogens with zero attached hydrogens (tertiary/aromatic N) is 4. The predicted octanol–water partition coefficient (Wildman–Crippen LogP) is 0.675. The summed E-state index contributed by atoms with van der Waals surface area (Å²) in [7, 11) is 1.38. The summed E-state index contributed by atoms with van der Waals surface area (Å²) < 4.78 is 4.61. The second-order valence-corrected chi connectivity index (χ2v) is 4.76. The van der Waals surface area contributed by atoms with E-state index in [4.69, 9.17) is 0 Å². The van der Waals surface area contributed by atoms with Crippen LogP contribution in [0, 0.1) is 10.1 Å². The molecule has 8 heteroatoms. The lowest BCUT2D eigenvalue weighted by atomic mass is 10.2. The Morgan fingerprint density at radius 3 is 2.76 bits per heavy atom. The second-order valence-electron chi connectivity index (χ2n) is 4.76. The van der Waals surface area contributed by atoms with Crippen molar-refractivity contribution >= 4 is 17.5 Å².